The quantitative estimate of drug-likeness (QED) is 0.664. The Morgan fingerprint density at radius 3 is 2.95 bits per heavy atom. The molecule has 118 valence electrons. The van der Waals surface area contributed by atoms with Crippen LogP contribution in [-0.4, -0.2) is 41.3 Å². The molecule has 1 heterocycles. The molecule has 0 amide bonds. The van der Waals surface area contributed by atoms with Crippen LogP contribution in [0.4, 0.5) is 5.69 Å². The lowest BCUT2D eigenvalue weighted by Gasteiger charge is -2.16. The maximum Gasteiger partial charge on any atom is 0.272 e. The minimum atomic E-state index is -0.373. The lowest BCUT2D eigenvalue weighted by molar-refractivity contribution is -0.385. The molecular formula is C14H18N4O3S. The van der Waals surface area contributed by atoms with Crippen LogP contribution in [0, 0.1) is 17.0 Å². The number of nitro benzene ring substituents is 1. The summed E-state index contributed by atoms with van der Waals surface area (Å²) in [5, 5.41) is 16.0. The van der Waals surface area contributed by atoms with E-state index in [1.54, 1.807) is 26.2 Å². The Kier molecular flexibility index (Phi) is 5.51. The summed E-state index contributed by atoms with van der Waals surface area (Å²) < 4.78 is 5.04. The van der Waals surface area contributed by atoms with Gasteiger partial charge >= 0.3 is 0 Å². The number of nitro groups is 1. The first kappa shape index (κ1) is 16.4. The Morgan fingerprint density at radius 2 is 2.36 bits per heavy atom. The van der Waals surface area contributed by atoms with E-state index >= 15 is 0 Å². The van der Waals surface area contributed by atoms with E-state index in [9.17, 15) is 10.1 Å². The normalized spacial score (nSPS) is 17.8. The number of benzene rings is 1. The third kappa shape index (κ3) is 4.05. The molecule has 0 radical (unpaired) electrons. The van der Waals surface area contributed by atoms with Crippen molar-refractivity contribution in [1.29, 1.82) is 0 Å². The molecule has 0 saturated carbocycles. The number of aryl methyl sites for hydroxylation is 1. The van der Waals surface area contributed by atoms with E-state index in [2.05, 4.69) is 15.5 Å². The number of nitrogens with zero attached hydrogens (tertiary/aromatic N) is 3. The van der Waals surface area contributed by atoms with Crippen LogP contribution in [-0.2, 0) is 4.74 Å². The fraction of sp³-hybridized carbons (Fsp3) is 0.429. The van der Waals surface area contributed by atoms with Crippen molar-refractivity contribution in [2.75, 3.05) is 19.5 Å². The highest BCUT2D eigenvalue weighted by Gasteiger charge is 2.17. The molecule has 0 bridgehead atoms. The van der Waals surface area contributed by atoms with Crippen molar-refractivity contribution < 1.29 is 9.66 Å². The largest absolute Gasteiger partial charge is 0.382 e. The van der Waals surface area contributed by atoms with Gasteiger partial charge in [0, 0.05) is 30.1 Å². The van der Waals surface area contributed by atoms with Gasteiger partial charge in [-0.05, 0) is 13.8 Å². The van der Waals surface area contributed by atoms with Gasteiger partial charge in [-0.2, -0.15) is 5.10 Å². The highest BCUT2D eigenvalue weighted by atomic mass is 32.2. The summed E-state index contributed by atoms with van der Waals surface area (Å²) >= 11 is 1.52. The molecule has 0 fully saturated rings. The lowest BCUT2D eigenvalue weighted by Crippen LogP contribution is -2.27. The predicted molar refractivity (Wildman–Crippen MR) is 88.7 cm³/mol. The molecule has 2 rings (SSSR count). The fourth-order valence-electron chi connectivity index (χ4n) is 1.99. The Labute approximate surface area is 133 Å². The first-order chi connectivity index (χ1) is 10.5. The Balaban J connectivity index is 2.14. The van der Waals surface area contributed by atoms with Crippen molar-refractivity contribution in [1.82, 2.24) is 5.43 Å². The van der Waals surface area contributed by atoms with Crippen LogP contribution in [0.3, 0.4) is 0 Å². The minimum Gasteiger partial charge on any atom is -0.382 e. The Bertz CT molecular complexity index is 631. The summed E-state index contributed by atoms with van der Waals surface area (Å²) in [6, 6.07) is 5.20. The van der Waals surface area contributed by atoms with Gasteiger partial charge in [0.2, 0.25) is 0 Å². The van der Waals surface area contributed by atoms with E-state index in [4.69, 9.17) is 4.74 Å². The van der Waals surface area contributed by atoms with E-state index in [-0.39, 0.29) is 16.7 Å². The minimum absolute atomic E-state index is 0.0530. The van der Waals surface area contributed by atoms with Gasteiger partial charge in [-0.25, -0.2) is 0 Å². The van der Waals surface area contributed by atoms with Gasteiger partial charge in [-0.3, -0.25) is 20.5 Å². The monoisotopic (exact) mass is 322 g/mol. The summed E-state index contributed by atoms with van der Waals surface area (Å²) in [5.41, 5.74) is 5.17. The molecule has 8 heteroatoms. The van der Waals surface area contributed by atoms with Gasteiger partial charge in [0.1, 0.15) is 0 Å². The van der Waals surface area contributed by atoms with Crippen LogP contribution in [0.5, 0.6) is 0 Å². The van der Waals surface area contributed by atoms with Crippen molar-refractivity contribution in [2.24, 2.45) is 10.1 Å². The highest BCUT2D eigenvalue weighted by molar-refractivity contribution is 8.14. The summed E-state index contributed by atoms with van der Waals surface area (Å²) in [7, 11) is 1.64. The van der Waals surface area contributed by atoms with Crippen LogP contribution in [0.1, 0.15) is 18.1 Å². The van der Waals surface area contributed by atoms with E-state index in [0.29, 0.717) is 17.9 Å². The third-order valence-electron chi connectivity index (χ3n) is 3.12. The summed E-state index contributed by atoms with van der Waals surface area (Å²) in [4.78, 5) is 15.1. The van der Waals surface area contributed by atoms with E-state index in [1.165, 1.54) is 11.8 Å². The summed E-state index contributed by atoms with van der Waals surface area (Å²) in [5.74, 6) is 0.617. The van der Waals surface area contributed by atoms with Crippen LogP contribution in [0.2, 0.25) is 0 Å². The number of methoxy groups -OCH3 is 1. The first-order valence-electron chi connectivity index (χ1n) is 6.78. The zero-order valence-electron chi connectivity index (χ0n) is 12.7. The Morgan fingerprint density at radius 1 is 1.59 bits per heavy atom. The molecule has 1 N–H and O–H groups in total. The van der Waals surface area contributed by atoms with Gasteiger partial charge in [-0.1, -0.05) is 23.9 Å². The molecular weight excluding hydrogens is 304 g/mol. The maximum absolute atomic E-state index is 11.0. The number of amidine groups is 1. The molecule has 1 atom stereocenters. The van der Waals surface area contributed by atoms with Crippen LogP contribution >= 0.6 is 11.8 Å². The maximum atomic E-state index is 11.0. The molecule has 0 spiro atoms. The number of aliphatic imine (C=N–C) groups is 1. The summed E-state index contributed by atoms with van der Waals surface area (Å²) in [6.07, 6.45) is 0. The number of nitrogens with one attached hydrogen (secondary N) is 1. The Hall–Kier alpha value is -1.93. The van der Waals surface area contributed by atoms with Crippen LogP contribution < -0.4 is 5.43 Å². The predicted octanol–water partition coefficient (Wildman–Crippen LogP) is 2.33. The number of hydrazone groups is 1. The van der Waals surface area contributed by atoms with Gasteiger partial charge in [0.05, 0.1) is 23.3 Å². The van der Waals surface area contributed by atoms with Gasteiger partial charge in [0.15, 0.2) is 5.17 Å². The van der Waals surface area contributed by atoms with Crippen LogP contribution in [0.25, 0.3) is 0 Å². The molecule has 0 unspecified atom stereocenters. The van der Waals surface area contributed by atoms with Gasteiger partial charge in [0.25, 0.3) is 5.69 Å². The molecule has 1 aliphatic heterocycles. The SMILES string of the molecule is COC[C@H](C)N=C1NN=C(c2ccc(C)c([N+](=O)[O-])c2)CS1. The van der Waals surface area contributed by atoms with Gasteiger partial charge in [-0.15, -0.1) is 0 Å². The molecule has 7 nitrogen and oxygen atoms in total. The highest BCUT2D eigenvalue weighted by Crippen LogP contribution is 2.22. The molecule has 1 aliphatic rings. The molecule has 22 heavy (non-hydrogen) atoms. The van der Waals surface area contributed by atoms with Crippen molar-refractivity contribution in [2.45, 2.75) is 19.9 Å². The molecule has 1 aromatic rings. The number of thioether (sulfide) groups is 1. The third-order valence-corrected chi connectivity index (χ3v) is 4.00. The van der Waals surface area contributed by atoms with E-state index in [1.807, 2.05) is 13.0 Å². The number of rotatable bonds is 5. The molecule has 0 aromatic heterocycles. The van der Waals surface area contributed by atoms with Crippen molar-refractivity contribution in [3.63, 3.8) is 0 Å². The molecule has 0 aliphatic carbocycles. The zero-order valence-corrected chi connectivity index (χ0v) is 13.5. The van der Waals surface area contributed by atoms with E-state index < -0.39 is 0 Å². The average Bonchev–Trinajstić information content (AvgIpc) is 2.48. The number of ether oxygens (including phenoxy) is 1. The molecule has 0 saturated heterocycles. The molecule has 1 aromatic carbocycles. The number of hydrogen-bond donors (Lipinski definition) is 1. The van der Waals surface area contributed by atoms with Crippen molar-refractivity contribution in [3.8, 4) is 0 Å². The smallest absolute Gasteiger partial charge is 0.272 e. The van der Waals surface area contributed by atoms with Crippen LogP contribution in [0.15, 0.2) is 28.3 Å². The van der Waals surface area contributed by atoms with Crippen molar-refractivity contribution >= 4 is 28.3 Å². The topological polar surface area (TPSA) is 89.1 Å². The second-order valence-corrected chi connectivity index (χ2v) is 5.92. The number of hydrogen-bond acceptors (Lipinski definition) is 6. The lowest BCUT2D eigenvalue weighted by atomic mass is 10.1. The second-order valence-electron chi connectivity index (χ2n) is 4.96. The van der Waals surface area contributed by atoms with Gasteiger partial charge < -0.3 is 4.74 Å². The van der Waals surface area contributed by atoms with Crippen molar-refractivity contribution in [3.05, 3.63) is 39.4 Å². The first-order valence-corrected chi connectivity index (χ1v) is 7.77. The average molecular weight is 322 g/mol. The van der Waals surface area contributed by atoms with E-state index in [0.717, 1.165) is 16.4 Å². The summed E-state index contributed by atoms with van der Waals surface area (Å²) in [6.45, 7) is 4.23. The fourth-order valence-corrected chi connectivity index (χ4v) is 2.86. The standard InChI is InChI=1S/C14H18N4O3S/c1-9-4-5-11(6-13(9)18(19)20)12-8-22-14(17-16-12)15-10(2)7-21-3/h4-6,10H,7-8H2,1-3H3,(H,15,17)/t10-/m0/s1. The second kappa shape index (κ2) is 7.37. The zero-order chi connectivity index (χ0) is 16.1.